The average Bonchev–Trinajstić information content (AvgIpc) is 2.14. The van der Waals surface area contributed by atoms with Crippen LogP contribution in [0.2, 0.25) is 0 Å². The molecule has 0 radical (unpaired) electrons. The molecule has 0 aromatic carbocycles. The molecule has 1 heteroatoms. The van der Waals surface area contributed by atoms with Crippen LogP contribution in [0.25, 0.3) is 0 Å². The van der Waals surface area contributed by atoms with Crippen LogP contribution in [-0.4, -0.2) is 0 Å². The molecule has 0 bridgehead atoms. The molecule has 8 heavy (non-hydrogen) atoms. The second-order valence-electron chi connectivity index (χ2n) is 2.09. The summed E-state index contributed by atoms with van der Waals surface area (Å²) in [5.41, 5.74) is 1.59. The summed E-state index contributed by atoms with van der Waals surface area (Å²) in [5, 5.41) is 0. The fourth-order valence-corrected chi connectivity index (χ4v) is 2.08. The molecule has 0 N–H and O–H groups in total. The number of hydrogen-bond donors (Lipinski definition) is 0. The monoisotopic (exact) mass is 157 g/mol. The zero-order valence-electron chi connectivity index (χ0n) is 5.28. The van der Waals surface area contributed by atoms with Gasteiger partial charge in [-0.2, -0.15) is 0 Å². The average molecular weight is 159 g/mol. The van der Waals surface area contributed by atoms with Crippen molar-refractivity contribution in [3.63, 3.8) is 0 Å². The Morgan fingerprint density at radius 2 is 2.50 bits per heavy atom. The molecule has 0 nitrogen and oxygen atoms in total. The Bertz CT molecular complexity index is 142. The van der Waals surface area contributed by atoms with Gasteiger partial charge >= 0.3 is 60.0 Å². The molecule has 1 aliphatic carbocycles. The first-order chi connectivity index (χ1) is 3.84. The number of allylic oxidation sites excluding steroid dienone is 4. The van der Waals surface area contributed by atoms with Gasteiger partial charge in [-0.15, -0.1) is 0 Å². The SMILES string of the molecule is CCC1=[C]([Zn])CC=C1. The Hall–Kier alpha value is 0.103. The number of rotatable bonds is 1. The molecule has 0 unspecified atom stereocenters. The molecule has 1 rings (SSSR count). The fourth-order valence-electron chi connectivity index (χ4n) is 0.960. The van der Waals surface area contributed by atoms with Crippen molar-refractivity contribution in [2.24, 2.45) is 0 Å². The third kappa shape index (κ3) is 1.09. The summed E-state index contributed by atoms with van der Waals surface area (Å²) >= 11 is 1.36. The van der Waals surface area contributed by atoms with Crippen molar-refractivity contribution < 1.29 is 18.3 Å². The molecular formula is C7H9Zn. The van der Waals surface area contributed by atoms with Gasteiger partial charge in [-0.05, 0) is 0 Å². The van der Waals surface area contributed by atoms with Crippen molar-refractivity contribution in [3.8, 4) is 0 Å². The van der Waals surface area contributed by atoms with E-state index in [4.69, 9.17) is 0 Å². The second kappa shape index (κ2) is 2.59. The van der Waals surface area contributed by atoms with E-state index < -0.39 is 0 Å². The molecule has 0 amide bonds. The molecule has 0 aliphatic heterocycles. The third-order valence-electron chi connectivity index (χ3n) is 1.52. The zero-order valence-corrected chi connectivity index (χ0v) is 8.24. The quantitative estimate of drug-likeness (QED) is 0.513. The molecule has 0 spiro atoms. The number of hydrogen-bond acceptors (Lipinski definition) is 0. The van der Waals surface area contributed by atoms with Crippen molar-refractivity contribution in [2.45, 2.75) is 19.8 Å². The van der Waals surface area contributed by atoms with E-state index in [0.717, 1.165) is 0 Å². The van der Waals surface area contributed by atoms with Crippen LogP contribution in [0.5, 0.6) is 0 Å². The van der Waals surface area contributed by atoms with Crippen LogP contribution in [-0.2, 0) is 18.3 Å². The van der Waals surface area contributed by atoms with Crippen LogP contribution in [0.4, 0.5) is 0 Å². The Balaban J connectivity index is 2.70. The molecule has 0 saturated carbocycles. The van der Waals surface area contributed by atoms with E-state index in [1.54, 1.807) is 9.74 Å². The van der Waals surface area contributed by atoms with E-state index >= 15 is 0 Å². The van der Waals surface area contributed by atoms with Crippen LogP contribution >= 0.6 is 0 Å². The molecule has 0 aromatic heterocycles. The van der Waals surface area contributed by atoms with Crippen LogP contribution in [0, 0.1) is 0 Å². The van der Waals surface area contributed by atoms with Gasteiger partial charge in [-0.1, -0.05) is 0 Å². The molecule has 0 heterocycles. The maximum atomic E-state index is 2.26. The first-order valence-corrected chi connectivity index (χ1v) is 4.53. The van der Waals surface area contributed by atoms with Gasteiger partial charge in [-0.3, -0.25) is 0 Å². The van der Waals surface area contributed by atoms with E-state index in [1.807, 2.05) is 0 Å². The standard InChI is InChI=1S/C7H9.Zn/c1-2-7-5-3-4-6-7;/h3,5H,2,4H2,1H3;. The summed E-state index contributed by atoms with van der Waals surface area (Å²) in [6.07, 6.45) is 6.99. The van der Waals surface area contributed by atoms with Gasteiger partial charge in [0.15, 0.2) is 0 Å². The van der Waals surface area contributed by atoms with Crippen molar-refractivity contribution in [1.29, 1.82) is 0 Å². The van der Waals surface area contributed by atoms with Gasteiger partial charge < -0.3 is 0 Å². The summed E-state index contributed by atoms with van der Waals surface area (Å²) in [4.78, 5) is 0. The molecule has 0 saturated heterocycles. The molecule has 0 fully saturated rings. The first-order valence-electron chi connectivity index (χ1n) is 3.05. The van der Waals surface area contributed by atoms with E-state index in [-0.39, 0.29) is 0 Å². The van der Waals surface area contributed by atoms with E-state index in [2.05, 4.69) is 19.1 Å². The summed E-state index contributed by atoms with van der Waals surface area (Å²) < 4.78 is 1.67. The van der Waals surface area contributed by atoms with Crippen molar-refractivity contribution in [3.05, 3.63) is 21.9 Å². The summed E-state index contributed by atoms with van der Waals surface area (Å²) in [6, 6.07) is 0. The van der Waals surface area contributed by atoms with Crippen LogP contribution in [0.15, 0.2) is 21.9 Å². The first kappa shape index (κ1) is 6.23. The molecule has 0 atom stereocenters. The fraction of sp³-hybridized carbons (Fsp3) is 0.429. The van der Waals surface area contributed by atoms with E-state index in [9.17, 15) is 0 Å². The predicted molar refractivity (Wildman–Crippen MR) is 31.1 cm³/mol. The van der Waals surface area contributed by atoms with E-state index in [1.165, 1.54) is 31.1 Å². The van der Waals surface area contributed by atoms with Gasteiger partial charge in [0.2, 0.25) is 0 Å². The van der Waals surface area contributed by atoms with Gasteiger partial charge in [0, 0.05) is 0 Å². The van der Waals surface area contributed by atoms with Crippen LogP contribution in [0.3, 0.4) is 0 Å². The van der Waals surface area contributed by atoms with Crippen LogP contribution in [0.1, 0.15) is 19.8 Å². The third-order valence-corrected chi connectivity index (χ3v) is 3.08. The Labute approximate surface area is 60.3 Å². The summed E-state index contributed by atoms with van der Waals surface area (Å²) in [5.74, 6) is 0. The van der Waals surface area contributed by atoms with E-state index in [0.29, 0.717) is 0 Å². The van der Waals surface area contributed by atoms with Crippen LogP contribution < -0.4 is 0 Å². The minimum atomic E-state index is 1.23. The summed E-state index contributed by atoms with van der Waals surface area (Å²) in [6.45, 7) is 2.22. The van der Waals surface area contributed by atoms with Gasteiger partial charge in [0.1, 0.15) is 0 Å². The molecule has 1 aliphatic rings. The van der Waals surface area contributed by atoms with Gasteiger partial charge in [0.25, 0.3) is 0 Å². The predicted octanol–water partition coefficient (Wildman–Crippen LogP) is 2.16. The van der Waals surface area contributed by atoms with Crippen molar-refractivity contribution in [1.82, 2.24) is 0 Å². The maximum absolute atomic E-state index is 2.26. The van der Waals surface area contributed by atoms with Gasteiger partial charge in [-0.25, -0.2) is 0 Å². The second-order valence-corrected chi connectivity index (χ2v) is 3.88. The molecule has 39 valence electrons. The zero-order chi connectivity index (χ0) is 5.98. The van der Waals surface area contributed by atoms with Crippen molar-refractivity contribution >= 4 is 0 Å². The Morgan fingerprint density at radius 1 is 1.75 bits per heavy atom. The Kier molecular flexibility index (Phi) is 2.02. The molecule has 0 aromatic rings. The topological polar surface area (TPSA) is 0 Å². The normalized spacial score (nSPS) is 18.4. The summed E-state index contributed by atoms with van der Waals surface area (Å²) in [7, 11) is 0. The van der Waals surface area contributed by atoms with Crippen molar-refractivity contribution in [2.75, 3.05) is 0 Å². The minimum absolute atomic E-state index is 1.23. The molecular weight excluding hydrogens is 149 g/mol. The van der Waals surface area contributed by atoms with Gasteiger partial charge in [0.05, 0.1) is 0 Å². The Morgan fingerprint density at radius 3 is 2.75 bits per heavy atom.